The van der Waals surface area contributed by atoms with Crippen molar-refractivity contribution in [3.8, 4) is 0 Å². The molecule has 3 atom stereocenters. The van der Waals surface area contributed by atoms with Crippen LogP contribution in [-0.2, 0) is 11.3 Å². The van der Waals surface area contributed by atoms with Crippen molar-refractivity contribution in [1.82, 2.24) is 24.9 Å². The molecule has 134 valence electrons. The zero-order valence-electron chi connectivity index (χ0n) is 14.8. The third-order valence-corrected chi connectivity index (χ3v) is 5.08. The predicted octanol–water partition coefficient (Wildman–Crippen LogP) is 1.69. The number of carbonyl (C=O) groups excluding carboxylic acids is 1. The summed E-state index contributed by atoms with van der Waals surface area (Å²) in [7, 11) is 0. The second kappa shape index (κ2) is 6.25. The highest BCUT2D eigenvalue weighted by Gasteiger charge is 2.44. The van der Waals surface area contributed by atoms with Crippen LogP contribution in [0.1, 0.15) is 53.6 Å². The maximum atomic E-state index is 13.3. The van der Waals surface area contributed by atoms with E-state index in [0.29, 0.717) is 37.2 Å². The van der Waals surface area contributed by atoms with E-state index < -0.39 is 0 Å². The smallest absolute Gasteiger partial charge is 0.272 e. The topological polar surface area (TPSA) is 86.3 Å². The number of likely N-dealkylation sites (tertiary alicyclic amines) is 1. The molecular formula is C17H23N5O3. The van der Waals surface area contributed by atoms with E-state index in [0.717, 1.165) is 18.5 Å². The van der Waals surface area contributed by atoms with Gasteiger partial charge in [0.25, 0.3) is 5.91 Å². The Hall–Kier alpha value is -2.22. The maximum Gasteiger partial charge on any atom is 0.272 e. The summed E-state index contributed by atoms with van der Waals surface area (Å²) >= 11 is 0. The van der Waals surface area contributed by atoms with Crippen molar-refractivity contribution >= 4 is 5.91 Å². The highest BCUT2D eigenvalue weighted by atomic mass is 16.5. The third-order valence-electron chi connectivity index (χ3n) is 5.08. The molecule has 25 heavy (non-hydrogen) atoms. The molecule has 2 aliphatic heterocycles. The summed E-state index contributed by atoms with van der Waals surface area (Å²) < 4.78 is 13.3. The number of piperidine rings is 1. The lowest BCUT2D eigenvalue weighted by Gasteiger charge is -2.39. The Balaban J connectivity index is 1.64. The monoisotopic (exact) mass is 345 g/mol. The van der Waals surface area contributed by atoms with Gasteiger partial charge in [-0.1, -0.05) is 0 Å². The van der Waals surface area contributed by atoms with Crippen LogP contribution in [0.15, 0.2) is 10.5 Å². The largest absolute Gasteiger partial charge is 0.425 e. The zero-order valence-corrected chi connectivity index (χ0v) is 14.8. The van der Waals surface area contributed by atoms with Crippen molar-refractivity contribution in [3.63, 3.8) is 0 Å². The maximum absolute atomic E-state index is 13.3. The minimum Gasteiger partial charge on any atom is -0.425 e. The molecule has 2 aromatic rings. The van der Waals surface area contributed by atoms with Crippen molar-refractivity contribution in [3.05, 3.63) is 29.2 Å². The average Bonchev–Trinajstić information content (AvgIpc) is 3.32. The van der Waals surface area contributed by atoms with E-state index >= 15 is 0 Å². The number of hydrogen-bond donors (Lipinski definition) is 0. The molecule has 2 aromatic heterocycles. The Kier molecular flexibility index (Phi) is 4.07. The first-order valence-corrected chi connectivity index (χ1v) is 8.83. The van der Waals surface area contributed by atoms with Crippen LogP contribution in [0.2, 0.25) is 0 Å². The summed E-state index contributed by atoms with van der Waals surface area (Å²) in [5.41, 5.74) is 1.48. The van der Waals surface area contributed by atoms with Gasteiger partial charge in [0.15, 0.2) is 0 Å². The van der Waals surface area contributed by atoms with Gasteiger partial charge < -0.3 is 14.1 Å². The van der Waals surface area contributed by atoms with E-state index in [1.54, 1.807) is 11.6 Å². The summed E-state index contributed by atoms with van der Waals surface area (Å²) in [5, 5.41) is 12.5. The van der Waals surface area contributed by atoms with Crippen LogP contribution in [-0.4, -0.2) is 56.1 Å². The van der Waals surface area contributed by atoms with E-state index in [1.165, 1.54) is 0 Å². The number of hydrogen-bond acceptors (Lipinski definition) is 6. The molecule has 1 amide bonds. The summed E-state index contributed by atoms with van der Waals surface area (Å²) in [6, 6.07) is 1.96. The third kappa shape index (κ3) is 2.84. The molecule has 0 N–H and O–H groups in total. The van der Waals surface area contributed by atoms with Crippen molar-refractivity contribution in [1.29, 1.82) is 0 Å². The minimum absolute atomic E-state index is 0.00333. The van der Waals surface area contributed by atoms with Crippen LogP contribution < -0.4 is 0 Å². The first-order chi connectivity index (χ1) is 12.1. The number of carbonyl (C=O) groups is 1. The lowest BCUT2D eigenvalue weighted by Crippen LogP contribution is -2.51. The molecule has 0 bridgehead atoms. The second-order valence-corrected chi connectivity index (χ2v) is 6.80. The fraction of sp³-hybridized carbons (Fsp3) is 0.647. The van der Waals surface area contributed by atoms with E-state index in [9.17, 15) is 4.79 Å². The van der Waals surface area contributed by atoms with Gasteiger partial charge >= 0.3 is 0 Å². The molecule has 0 saturated carbocycles. The Morgan fingerprint density at radius 3 is 2.92 bits per heavy atom. The SMILES string of the molecule is CCn1nc(C)cc1C(=O)N1C[C@H](c2nnc(C)o2)C[C@@H]2OCC[C@@H]21. The minimum atomic E-state index is 0.00333. The standard InChI is InChI=1S/C17H23N5O3/c1-4-22-14(7-10(2)20-22)17(23)21-9-12(16-19-18-11(3)25-16)8-15-13(21)5-6-24-15/h7,12-13,15H,4-6,8-9H2,1-3H3/t12-,13+,15+/m1/s1. The summed E-state index contributed by atoms with van der Waals surface area (Å²) in [4.78, 5) is 15.2. The number of amides is 1. The number of fused-ring (bicyclic) bond motifs is 1. The first-order valence-electron chi connectivity index (χ1n) is 8.83. The molecular weight excluding hydrogens is 322 g/mol. The van der Waals surface area contributed by atoms with Crippen molar-refractivity contribution in [2.24, 2.45) is 0 Å². The molecule has 0 unspecified atom stereocenters. The van der Waals surface area contributed by atoms with Gasteiger partial charge in [0.05, 0.1) is 23.8 Å². The molecule has 0 aliphatic carbocycles. The van der Waals surface area contributed by atoms with Gasteiger partial charge in [0, 0.05) is 26.6 Å². The lowest BCUT2D eigenvalue weighted by atomic mass is 9.89. The highest BCUT2D eigenvalue weighted by Crippen LogP contribution is 2.36. The van der Waals surface area contributed by atoms with Crippen molar-refractivity contribution in [2.45, 2.75) is 58.2 Å². The fourth-order valence-electron chi connectivity index (χ4n) is 3.94. The quantitative estimate of drug-likeness (QED) is 0.841. The molecule has 2 saturated heterocycles. The van der Waals surface area contributed by atoms with Crippen LogP contribution in [0, 0.1) is 13.8 Å². The number of rotatable bonds is 3. The van der Waals surface area contributed by atoms with Gasteiger partial charge in [0.1, 0.15) is 5.69 Å². The van der Waals surface area contributed by atoms with Gasteiger partial charge in [-0.05, 0) is 32.8 Å². The number of aromatic nitrogens is 4. The van der Waals surface area contributed by atoms with Gasteiger partial charge in [-0.2, -0.15) is 5.10 Å². The highest BCUT2D eigenvalue weighted by molar-refractivity contribution is 5.93. The number of ether oxygens (including phenoxy) is 1. The first kappa shape index (κ1) is 16.3. The molecule has 2 fully saturated rings. The average molecular weight is 345 g/mol. The number of nitrogens with zero attached hydrogens (tertiary/aromatic N) is 5. The molecule has 0 aromatic carbocycles. The molecule has 8 nitrogen and oxygen atoms in total. The van der Waals surface area contributed by atoms with E-state index in [2.05, 4.69) is 15.3 Å². The Morgan fingerprint density at radius 2 is 2.20 bits per heavy atom. The molecule has 4 heterocycles. The normalized spacial score (nSPS) is 26.0. The van der Waals surface area contributed by atoms with Crippen LogP contribution >= 0.6 is 0 Å². The van der Waals surface area contributed by atoms with Crippen LogP contribution in [0.3, 0.4) is 0 Å². The zero-order chi connectivity index (χ0) is 17.6. The van der Waals surface area contributed by atoms with Gasteiger partial charge in [-0.15, -0.1) is 10.2 Å². The predicted molar refractivity (Wildman–Crippen MR) is 88.2 cm³/mol. The molecule has 0 radical (unpaired) electrons. The second-order valence-electron chi connectivity index (χ2n) is 6.80. The van der Waals surface area contributed by atoms with Crippen molar-refractivity contribution in [2.75, 3.05) is 13.2 Å². The summed E-state index contributed by atoms with van der Waals surface area (Å²) in [5.74, 6) is 1.14. The lowest BCUT2D eigenvalue weighted by molar-refractivity contribution is 0.0124. The van der Waals surface area contributed by atoms with Crippen LogP contribution in [0.5, 0.6) is 0 Å². The Labute approximate surface area is 146 Å². The molecule has 8 heteroatoms. The fourth-order valence-corrected chi connectivity index (χ4v) is 3.94. The summed E-state index contributed by atoms with van der Waals surface area (Å²) in [6.07, 6.45) is 1.70. The van der Waals surface area contributed by atoms with Gasteiger partial charge in [-0.25, -0.2) is 0 Å². The number of aryl methyl sites for hydroxylation is 3. The molecule has 2 aliphatic rings. The van der Waals surface area contributed by atoms with E-state index in [4.69, 9.17) is 9.15 Å². The van der Waals surface area contributed by atoms with E-state index in [-0.39, 0.29) is 24.0 Å². The summed E-state index contributed by atoms with van der Waals surface area (Å²) in [6.45, 7) is 7.59. The van der Waals surface area contributed by atoms with Crippen molar-refractivity contribution < 1.29 is 13.9 Å². The van der Waals surface area contributed by atoms with Gasteiger partial charge in [-0.3, -0.25) is 9.48 Å². The van der Waals surface area contributed by atoms with Gasteiger partial charge in [0.2, 0.25) is 11.8 Å². The molecule has 0 spiro atoms. The van der Waals surface area contributed by atoms with E-state index in [1.807, 2.05) is 24.8 Å². The Bertz CT molecular complexity index is 783. The van der Waals surface area contributed by atoms with Crippen LogP contribution in [0.4, 0.5) is 0 Å². The Morgan fingerprint density at radius 1 is 1.36 bits per heavy atom. The molecule has 4 rings (SSSR count). The van der Waals surface area contributed by atoms with Crippen LogP contribution in [0.25, 0.3) is 0 Å².